The Kier molecular flexibility index (Phi) is 4.92. The van der Waals surface area contributed by atoms with E-state index in [2.05, 4.69) is 0 Å². The first-order valence-corrected chi connectivity index (χ1v) is 8.76. The van der Waals surface area contributed by atoms with Gasteiger partial charge in [-0.25, -0.2) is 12.8 Å². The molecular weight excluding hydrogens is 315 g/mol. The van der Waals surface area contributed by atoms with Gasteiger partial charge in [-0.2, -0.15) is 4.31 Å². The molecule has 7 heteroatoms. The van der Waals surface area contributed by atoms with Crippen LogP contribution in [0.5, 0.6) is 0 Å². The minimum atomic E-state index is -3.68. The molecule has 0 amide bonds. The van der Waals surface area contributed by atoms with Gasteiger partial charge in [0.1, 0.15) is 5.82 Å². The van der Waals surface area contributed by atoms with Crippen molar-refractivity contribution >= 4 is 21.6 Å². The Morgan fingerprint density at radius 1 is 1.43 bits per heavy atom. The van der Waals surface area contributed by atoms with Crippen LogP contribution >= 0.6 is 11.6 Å². The van der Waals surface area contributed by atoms with Crippen molar-refractivity contribution in [3.05, 3.63) is 29.1 Å². The molecule has 1 aromatic rings. The quantitative estimate of drug-likeness (QED) is 0.793. The molecule has 0 aliphatic carbocycles. The van der Waals surface area contributed by atoms with E-state index in [0.29, 0.717) is 18.7 Å². The van der Waals surface area contributed by atoms with Gasteiger partial charge in [-0.1, -0.05) is 0 Å². The molecule has 1 saturated heterocycles. The van der Waals surface area contributed by atoms with E-state index in [1.807, 2.05) is 19.0 Å². The SMILES string of the molecule is Cc1c(F)cc(CCl)cc1S(=O)(=O)N1CCC(N(C)C)C1. The van der Waals surface area contributed by atoms with Crippen LogP contribution in [0.4, 0.5) is 4.39 Å². The molecule has 0 aromatic heterocycles. The third-order valence-corrected chi connectivity index (χ3v) is 6.28. The fraction of sp³-hybridized carbons (Fsp3) is 0.571. The van der Waals surface area contributed by atoms with E-state index in [0.717, 1.165) is 6.42 Å². The van der Waals surface area contributed by atoms with Crippen molar-refractivity contribution in [2.75, 3.05) is 27.2 Å². The van der Waals surface area contributed by atoms with Crippen molar-refractivity contribution in [2.24, 2.45) is 0 Å². The lowest BCUT2D eigenvalue weighted by Crippen LogP contribution is -2.34. The molecule has 1 aliphatic heterocycles. The maximum Gasteiger partial charge on any atom is 0.243 e. The summed E-state index contributed by atoms with van der Waals surface area (Å²) >= 11 is 5.72. The molecule has 1 atom stereocenters. The molecule has 1 aromatic carbocycles. The van der Waals surface area contributed by atoms with Crippen LogP contribution in [-0.4, -0.2) is 50.8 Å². The normalized spacial score (nSPS) is 20.4. The fourth-order valence-corrected chi connectivity index (χ4v) is 4.47. The van der Waals surface area contributed by atoms with Crippen LogP contribution in [0.15, 0.2) is 17.0 Å². The largest absolute Gasteiger partial charge is 0.305 e. The number of hydrogen-bond acceptors (Lipinski definition) is 3. The maximum absolute atomic E-state index is 13.9. The van der Waals surface area contributed by atoms with Crippen molar-refractivity contribution in [3.8, 4) is 0 Å². The molecule has 2 rings (SSSR count). The first-order chi connectivity index (χ1) is 9.77. The van der Waals surface area contributed by atoms with Crippen LogP contribution in [0.25, 0.3) is 0 Å². The minimum Gasteiger partial charge on any atom is -0.305 e. The first-order valence-electron chi connectivity index (χ1n) is 6.79. The van der Waals surface area contributed by atoms with Gasteiger partial charge in [-0.3, -0.25) is 0 Å². The van der Waals surface area contributed by atoms with Crippen LogP contribution in [0.3, 0.4) is 0 Å². The Bertz CT molecular complexity index is 634. The van der Waals surface area contributed by atoms with Gasteiger partial charge < -0.3 is 4.90 Å². The second-order valence-corrected chi connectivity index (χ2v) is 7.78. The summed E-state index contributed by atoms with van der Waals surface area (Å²) in [5, 5.41) is 0. The smallest absolute Gasteiger partial charge is 0.243 e. The van der Waals surface area contributed by atoms with Gasteiger partial charge in [0, 0.05) is 30.6 Å². The van der Waals surface area contributed by atoms with Crippen LogP contribution in [-0.2, 0) is 15.9 Å². The van der Waals surface area contributed by atoms with Crippen LogP contribution in [0.1, 0.15) is 17.5 Å². The zero-order valence-corrected chi connectivity index (χ0v) is 14.0. The monoisotopic (exact) mass is 334 g/mol. The molecule has 1 fully saturated rings. The summed E-state index contributed by atoms with van der Waals surface area (Å²) in [4.78, 5) is 2.04. The minimum absolute atomic E-state index is 0.0255. The average molecular weight is 335 g/mol. The highest BCUT2D eigenvalue weighted by molar-refractivity contribution is 7.89. The van der Waals surface area contributed by atoms with Crippen LogP contribution < -0.4 is 0 Å². The Hall–Kier alpha value is -0.690. The summed E-state index contributed by atoms with van der Waals surface area (Å²) in [5.41, 5.74) is 0.624. The standard InChI is InChI=1S/C14H20ClFN2O2S/c1-10-13(16)6-11(8-15)7-14(10)21(19,20)18-5-4-12(9-18)17(2)3/h6-7,12H,4-5,8-9H2,1-3H3. The number of rotatable bonds is 4. The molecule has 1 aliphatic rings. The van der Waals surface area contributed by atoms with E-state index in [9.17, 15) is 12.8 Å². The second kappa shape index (κ2) is 6.20. The van der Waals surface area contributed by atoms with Gasteiger partial charge in [-0.05, 0) is 45.1 Å². The number of hydrogen-bond donors (Lipinski definition) is 0. The van der Waals surface area contributed by atoms with E-state index in [1.165, 1.54) is 23.4 Å². The van der Waals surface area contributed by atoms with E-state index < -0.39 is 15.8 Å². The summed E-state index contributed by atoms with van der Waals surface area (Å²) in [7, 11) is 0.178. The molecule has 0 bridgehead atoms. The Balaban J connectivity index is 2.39. The van der Waals surface area contributed by atoms with E-state index in [-0.39, 0.29) is 22.4 Å². The van der Waals surface area contributed by atoms with E-state index >= 15 is 0 Å². The number of benzene rings is 1. The predicted molar refractivity (Wildman–Crippen MR) is 81.5 cm³/mol. The summed E-state index contributed by atoms with van der Waals surface area (Å²) in [5.74, 6) is -0.449. The lowest BCUT2D eigenvalue weighted by Gasteiger charge is -2.21. The summed E-state index contributed by atoms with van der Waals surface area (Å²) in [6.45, 7) is 2.37. The Morgan fingerprint density at radius 2 is 2.10 bits per heavy atom. The molecule has 1 unspecified atom stereocenters. The summed E-state index contributed by atoms with van der Waals surface area (Å²) < 4.78 is 40.8. The van der Waals surface area contributed by atoms with E-state index in [1.54, 1.807) is 0 Å². The van der Waals surface area contributed by atoms with Gasteiger partial charge >= 0.3 is 0 Å². The third-order valence-electron chi connectivity index (χ3n) is 3.98. The van der Waals surface area contributed by atoms with E-state index in [4.69, 9.17) is 11.6 Å². The lowest BCUT2D eigenvalue weighted by atomic mass is 10.1. The van der Waals surface area contributed by atoms with Gasteiger partial charge in [-0.15, -0.1) is 11.6 Å². The number of alkyl halides is 1. The highest BCUT2D eigenvalue weighted by Gasteiger charge is 2.34. The predicted octanol–water partition coefficient (Wildman–Crippen LogP) is 2.20. The molecular formula is C14H20ClFN2O2S. The molecule has 0 spiro atoms. The molecule has 0 saturated carbocycles. The third kappa shape index (κ3) is 3.23. The van der Waals surface area contributed by atoms with Crippen LogP contribution in [0, 0.1) is 12.7 Å². The van der Waals surface area contributed by atoms with Crippen molar-refractivity contribution < 1.29 is 12.8 Å². The molecule has 0 N–H and O–H groups in total. The van der Waals surface area contributed by atoms with Crippen LogP contribution in [0.2, 0.25) is 0 Å². The van der Waals surface area contributed by atoms with Gasteiger partial charge in [0.15, 0.2) is 0 Å². The highest BCUT2D eigenvalue weighted by atomic mass is 35.5. The van der Waals surface area contributed by atoms with Crippen molar-refractivity contribution in [2.45, 2.75) is 30.2 Å². The number of halogens is 2. The second-order valence-electron chi connectivity index (χ2n) is 5.60. The van der Waals surface area contributed by atoms with Gasteiger partial charge in [0.05, 0.1) is 4.90 Å². The Labute approximate surface area is 130 Å². The molecule has 21 heavy (non-hydrogen) atoms. The molecule has 118 valence electrons. The van der Waals surface area contributed by atoms with Crippen molar-refractivity contribution in [1.82, 2.24) is 9.21 Å². The molecule has 4 nitrogen and oxygen atoms in total. The summed E-state index contributed by atoms with van der Waals surface area (Å²) in [6, 6.07) is 2.96. The Morgan fingerprint density at radius 3 is 2.62 bits per heavy atom. The van der Waals surface area contributed by atoms with Crippen molar-refractivity contribution in [1.29, 1.82) is 0 Å². The maximum atomic E-state index is 13.9. The first kappa shape index (κ1) is 16.7. The number of likely N-dealkylation sites (N-methyl/N-ethyl adjacent to an activating group) is 1. The van der Waals surface area contributed by atoms with Gasteiger partial charge in [0.25, 0.3) is 0 Å². The van der Waals surface area contributed by atoms with Gasteiger partial charge in [0.2, 0.25) is 10.0 Å². The zero-order valence-electron chi connectivity index (χ0n) is 12.4. The lowest BCUT2D eigenvalue weighted by molar-refractivity contribution is 0.302. The number of sulfonamides is 1. The highest BCUT2D eigenvalue weighted by Crippen LogP contribution is 2.27. The van der Waals surface area contributed by atoms with Crippen molar-refractivity contribution in [3.63, 3.8) is 0 Å². The summed E-state index contributed by atoms with van der Waals surface area (Å²) in [6.07, 6.45) is 0.781. The topological polar surface area (TPSA) is 40.6 Å². The number of nitrogens with zero attached hydrogens (tertiary/aromatic N) is 2. The molecule has 1 heterocycles. The fourth-order valence-electron chi connectivity index (χ4n) is 2.54. The zero-order chi connectivity index (χ0) is 15.8. The molecule has 0 radical (unpaired) electrons. The average Bonchev–Trinajstić information content (AvgIpc) is 2.92.